The Morgan fingerprint density at radius 3 is 2.27 bits per heavy atom. The molecule has 2 aromatic carbocycles. The van der Waals surface area contributed by atoms with Gasteiger partial charge in [0, 0.05) is 25.0 Å². The van der Waals surface area contributed by atoms with Gasteiger partial charge in [0.25, 0.3) is 0 Å². The first kappa shape index (κ1) is 22.8. The Morgan fingerprint density at radius 2 is 1.67 bits per heavy atom. The maximum atomic E-state index is 12.9. The average Bonchev–Trinajstić information content (AvgIpc) is 3.15. The predicted molar refractivity (Wildman–Crippen MR) is 124 cm³/mol. The molecular formula is C26H30N2O5. The normalized spacial score (nSPS) is 19.2. The van der Waals surface area contributed by atoms with Gasteiger partial charge in [0.15, 0.2) is 0 Å². The molecule has 3 atom stereocenters. The summed E-state index contributed by atoms with van der Waals surface area (Å²) in [4.78, 5) is 38.3. The third-order valence-electron chi connectivity index (χ3n) is 6.91. The van der Waals surface area contributed by atoms with Crippen LogP contribution in [-0.4, -0.2) is 53.7 Å². The zero-order valence-corrected chi connectivity index (χ0v) is 19.0. The molecule has 1 heterocycles. The lowest BCUT2D eigenvalue weighted by atomic mass is 9.95. The summed E-state index contributed by atoms with van der Waals surface area (Å²) in [7, 11) is 0. The molecule has 2 amide bonds. The van der Waals surface area contributed by atoms with Crippen LogP contribution in [-0.2, 0) is 14.3 Å². The van der Waals surface area contributed by atoms with Crippen LogP contribution >= 0.6 is 0 Å². The van der Waals surface area contributed by atoms with E-state index in [1.165, 1.54) is 0 Å². The number of benzene rings is 2. The number of fused-ring (bicyclic) bond motifs is 3. The lowest BCUT2D eigenvalue weighted by Gasteiger charge is -2.34. The van der Waals surface area contributed by atoms with Crippen LogP contribution in [0.15, 0.2) is 48.5 Å². The van der Waals surface area contributed by atoms with Crippen molar-refractivity contribution in [3.8, 4) is 11.1 Å². The third kappa shape index (κ3) is 4.72. The first-order valence-corrected chi connectivity index (χ1v) is 11.5. The number of likely N-dealkylation sites (tertiary alicyclic amines) is 1. The van der Waals surface area contributed by atoms with E-state index in [4.69, 9.17) is 4.74 Å². The second kappa shape index (κ2) is 9.65. The Kier molecular flexibility index (Phi) is 6.67. The van der Waals surface area contributed by atoms with E-state index in [0.717, 1.165) is 22.3 Å². The van der Waals surface area contributed by atoms with E-state index in [2.05, 4.69) is 29.6 Å². The van der Waals surface area contributed by atoms with Crippen molar-refractivity contribution in [3.63, 3.8) is 0 Å². The number of nitrogens with one attached hydrogen (secondary N) is 1. The lowest BCUT2D eigenvalue weighted by molar-refractivity contribution is -0.146. The Morgan fingerprint density at radius 1 is 1.06 bits per heavy atom. The molecule has 33 heavy (non-hydrogen) atoms. The van der Waals surface area contributed by atoms with E-state index in [1.54, 1.807) is 18.7 Å². The molecule has 2 aliphatic rings. The maximum Gasteiger partial charge on any atom is 0.407 e. The molecule has 0 radical (unpaired) electrons. The first-order chi connectivity index (χ1) is 15.9. The van der Waals surface area contributed by atoms with Crippen molar-refractivity contribution >= 4 is 18.0 Å². The van der Waals surface area contributed by atoms with Crippen LogP contribution < -0.4 is 5.32 Å². The molecular weight excluding hydrogens is 420 g/mol. The fourth-order valence-corrected chi connectivity index (χ4v) is 4.83. The van der Waals surface area contributed by atoms with Crippen LogP contribution in [0.4, 0.5) is 4.79 Å². The molecule has 7 heteroatoms. The van der Waals surface area contributed by atoms with Gasteiger partial charge in [-0.1, -0.05) is 55.5 Å². The van der Waals surface area contributed by atoms with Gasteiger partial charge in [-0.25, -0.2) is 4.79 Å². The number of nitrogens with zero attached hydrogens (tertiary/aromatic N) is 1. The van der Waals surface area contributed by atoms with Crippen molar-refractivity contribution in [2.45, 2.75) is 38.6 Å². The van der Waals surface area contributed by atoms with E-state index < -0.39 is 29.9 Å². The molecule has 0 saturated carbocycles. The Bertz CT molecular complexity index is 1010. The summed E-state index contributed by atoms with van der Waals surface area (Å²) >= 11 is 0. The van der Waals surface area contributed by atoms with Crippen molar-refractivity contribution in [2.75, 3.05) is 19.7 Å². The Labute approximate surface area is 193 Å². The van der Waals surface area contributed by atoms with Crippen molar-refractivity contribution in [1.29, 1.82) is 0 Å². The number of piperidine rings is 1. The fraction of sp³-hybridized carbons (Fsp3) is 0.423. The second-order valence-electron chi connectivity index (χ2n) is 9.01. The molecule has 7 nitrogen and oxygen atoms in total. The van der Waals surface area contributed by atoms with E-state index >= 15 is 0 Å². The van der Waals surface area contributed by atoms with Gasteiger partial charge in [-0.05, 0) is 42.0 Å². The average molecular weight is 451 g/mol. The number of aliphatic carboxylic acids is 1. The molecule has 0 bridgehead atoms. The molecule has 0 spiro atoms. The molecule has 1 fully saturated rings. The minimum atomic E-state index is -0.870. The number of carboxylic acids is 1. The number of amides is 2. The summed E-state index contributed by atoms with van der Waals surface area (Å²) in [5.41, 5.74) is 4.61. The SMILES string of the molecule is CC(NC(=O)OCC1c2ccccc2-c2ccccc21)C(C)C(=O)N1CCC[C@H](C(=O)O)C1. The summed E-state index contributed by atoms with van der Waals surface area (Å²) in [5, 5.41) is 12.0. The highest BCUT2D eigenvalue weighted by molar-refractivity contribution is 5.81. The molecule has 174 valence electrons. The zero-order valence-electron chi connectivity index (χ0n) is 19.0. The molecule has 4 rings (SSSR count). The lowest BCUT2D eigenvalue weighted by Crippen LogP contribution is -2.49. The quantitative estimate of drug-likeness (QED) is 0.697. The van der Waals surface area contributed by atoms with Gasteiger partial charge in [0.05, 0.1) is 11.8 Å². The van der Waals surface area contributed by atoms with Crippen LogP contribution in [0, 0.1) is 11.8 Å². The summed E-state index contributed by atoms with van der Waals surface area (Å²) in [6.45, 7) is 4.49. The monoisotopic (exact) mass is 450 g/mol. The van der Waals surface area contributed by atoms with Gasteiger partial charge < -0.3 is 20.1 Å². The molecule has 0 aromatic heterocycles. The first-order valence-electron chi connectivity index (χ1n) is 11.5. The van der Waals surface area contributed by atoms with Crippen LogP contribution in [0.3, 0.4) is 0 Å². The van der Waals surface area contributed by atoms with Crippen LogP contribution in [0.1, 0.15) is 43.7 Å². The van der Waals surface area contributed by atoms with Crippen molar-refractivity contribution in [2.24, 2.45) is 11.8 Å². The predicted octanol–water partition coefficient (Wildman–Crippen LogP) is 3.87. The van der Waals surface area contributed by atoms with E-state index in [-0.39, 0.29) is 25.0 Å². The number of alkyl carbamates (subject to hydrolysis) is 1. The molecule has 1 aliphatic heterocycles. The smallest absolute Gasteiger partial charge is 0.407 e. The van der Waals surface area contributed by atoms with Crippen molar-refractivity contribution in [3.05, 3.63) is 59.7 Å². The van der Waals surface area contributed by atoms with Crippen molar-refractivity contribution in [1.82, 2.24) is 10.2 Å². The topological polar surface area (TPSA) is 95.9 Å². The fourth-order valence-electron chi connectivity index (χ4n) is 4.83. The van der Waals surface area contributed by atoms with E-state index in [9.17, 15) is 19.5 Å². The summed E-state index contributed by atoms with van der Waals surface area (Å²) in [6.07, 6.45) is 0.691. The molecule has 1 saturated heterocycles. The summed E-state index contributed by atoms with van der Waals surface area (Å²) < 4.78 is 5.58. The van der Waals surface area contributed by atoms with Gasteiger partial charge in [-0.2, -0.15) is 0 Å². The number of carbonyl (C=O) groups is 3. The summed E-state index contributed by atoms with van der Waals surface area (Å²) in [6, 6.07) is 15.8. The summed E-state index contributed by atoms with van der Waals surface area (Å²) in [5.74, 6) is -2.06. The highest BCUT2D eigenvalue weighted by Crippen LogP contribution is 2.44. The van der Waals surface area contributed by atoms with Gasteiger partial charge in [0.2, 0.25) is 5.91 Å². The standard InChI is InChI=1S/C26H30N2O5/c1-16(24(29)28-13-7-8-18(14-28)25(30)31)17(2)27-26(32)33-15-23-21-11-5-3-9-19(21)20-10-4-6-12-22(20)23/h3-6,9-12,16-18,23H,7-8,13-15H2,1-2H3,(H,27,32)(H,30,31)/t16?,17?,18-/m0/s1. The Balaban J connectivity index is 1.33. The highest BCUT2D eigenvalue weighted by Gasteiger charge is 2.33. The number of hydrogen-bond acceptors (Lipinski definition) is 4. The van der Waals surface area contributed by atoms with Gasteiger partial charge >= 0.3 is 12.1 Å². The van der Waals surface area contributed by atoms with Gasteiger partial charge in [-0.3, -0.25) is 9.59 Å². The maximum absolute atomic E-state index is 12.9. The minimum absolute atomic E-state index is 0.0289. The molecule has 2 unspecified atom stereocenters. The van der Waals surface area contributed by atoms with Crippen LogP contribution in [0.25, 0.3) is 11.1 Å². The van der Waals surface area contributed by atoms with Gasteiger partial charge in [0.1, 0.15) is 6.61 Å². The number of carbonyl (C=O) groups excluding carboxylic acids is 2. The number of ether oxygens (including phenoxy) is 1. The third-order valence-corrected chi connectivity index (χ3v) is 6.91. The minimum Gasteiger partial charge on any atom is -0.481 e. The zero-order chi connectivity index (χ0) is 23.5. The largest absolute Gasteiger partial charge is 0.481 e. The number of hydrogen-bond donors (Lipinski definition) is 2. The van der Waals surface area contributed by atoms with Gasteiger partial charge in [-0.15, -0.1) is 0 Å². The second-order valence-corrected chi connectivity index (χ2v) is 9.01. The number of rotatable bonds is 6. The highest BCUT2D eigenvalue weighted by atomic mass is 16.5. The van der Waals surface area contributed by atoms with E-state index in [1.807, 2.05) is 24.3 Å². The van der Waals surface area contributed by atoms with Crippen LogP contribution in [0.2, 0.25) is 0 Å². The van der Waals surface area contributed by atoms with Crippen molar-refractivity contribution < 1.29 is 24.2 Å². The molecule has 2 aromatic rings. The van der Waals surface area contributed by atoms with Crippen LogP contribution in [0.5, 0.6) is 0 Å². The van der Waals surface area contributed by atoms with E-state index in [0.29, 0.717) is 19.4 Å². The number of carboxylic acid groups (broad SMARTS) is 1. The molecule has 2 N–H and O–H groups in total. The Hall–Kier alpha value is -3.35. The molecule has 1 aliphatic carbocycles.